The van der Waals surface area contributed by atoms with E-state index in [1.165, 1.54) is 0 Å². The first-order valence-electron chi connectivity index (χ1n) is 7.94. The molecule has 0 bridgehead atoms. The van der Waals surface area contributed by atoms with Crippen LogP contribution < -0.4 is 5.32 Å². The minimum atomic E-state index is -0.832. The smallest absolute Gasteiger partial charge is 0.320 e. The van der Waals surface area contributed by atoms with Crippen molar-refractivity contribution in [3.63, 3.8) is 0 Å². The first-order chi connectivity index (χ1) is 11.5. The van der Waals surface area contributed by atoms with Gasteiger partial charge in [0.25, 0.3) is 0 Å². The van der Waals surface area contributed by atoms with Gasteiger partial charge in [-0.05, 0) is 36.6 Å². The summed E-state index contributed by atoms with van der Waals surface area (Å²) in [6.07, 6.45) is 0.584. The van der Waals surface area contributed by atoms with Crippen LogP contribution in [-0.4, -0.2) is 22.1 Å². The maximum absolute atomic E-state index is 11.3. The quantitative estimate of drug-likeness (QED) is 0.673. The number of nitrogens with zero attached hydrogens (tertiary/aromatic N) is 1. The number of carbonyl (C=O) groups is 1. The predicted molar refractivity (Wildman–Crippen MR) is 95.0 cm³/mol. The van der Waals surface area contributed by atoms with Crippen molar-refractivity contribution in [2.45, 2.75) is 32.9 Å². The molecule has 2 aromatic heterocycles. The predicted octanol–water partition coefficient (Wildman–Crippen LogP) is 4.15. The van der Waals surface area contributed by atoms with Gasteiger partial charge in [0.15, 0.2) is 10.8 Å². The number of aromatic nitrogens is 1. The van der Waals surface area contributed by atoms with E-state index in [0.717, 1.165) is 15.2 Å². The number of thiazole rings is 1. The summed E-state index contributed by atoms with van der Waals surface area (Å²) in [5.41, 5.74) is 0.955. The van der Waals surface area contributed by atoms with Crippen LogP contribution in [0.1, 0.15) is 26.0 Å². The van der Waals surface area contributed by atoms with Gasteiger partial charge in [-0.25, -0.2) is 4.98 Å². The number of furan rings is 1. The summed E-state index contributed by atoms with van der Waals surface area (Å²) in [6.45, 7) is 4.40. The Morgan fingerprint density at radius 3 is 2.79 bits per heavy atom. The van der Waals surface area contributed by atoms with E-state index in [1.54, 1.807) is 11.3 Å². The second-order valence-corrected chi connectivity index (χ2v) is 7.18. The normalized spacial score (nSPS) is 12.8. The number of rotatable bonds is 7. The van der Waals surface area contributed by atoms with Gasteiger partial charge in [0, 0.05) is 0 Å². The highest BCUT2D eigenvalue weighted by atomic mass is 32.1. The van der Waals surface area contributed by atoms with E-state index in [4.69, 9.17) is 4.42 Å². The summed E-state index contributed by atoms with van der Waals surface area (Å²) in [4.78, 5) is 15.9. The first-order valence-corrected chi connectivity index (χ1v) is 8.75. The van der Waals surface area contributed by atoms with Gasteiger partial charge in [0.2, 0.25) is 0 Å². The molecule has 126 valence electrons. The lowest BCUT2D eigenvalue weighted by molar-refractivity contribution is -0.140. The van der Waals surface area contributed by atoms with Crippen molar-refractivity contribution >= 4 is 27.5 Å². The molecule has 0 unspecified atom stereocenters. The second-order valence-electron chi connectivity index (χ2n) is 6.15. The highest BCUT2D eigenvalue weighted by molar-refractivity contribution is 7.21. The minimum absolute atomic E-state index is 0.313. The van der Waals surface area contributed by atoms with Crippen LogP contribution >= 0.6 is 11.3 Å². The fourth-order valence-corrected chi connectivity index (χ4v) is 3.46. The number of para-hydroxylation sites is 1. The van der Waals surface area contributed by atoms with Crippen molar-refractivity contribution in [3.8, 4) is 10.8 Å². The molecule has 3 aromatic rings. The van der Waals surface area contributed by atoms with Gasteiger partial charge in [-0.3, -0.25) is 10.1 Å². The third kappa shape index (κ3) is 3.83. The van der Waals surface area contributed by atoms with Crippen molar-refractivity contribution < 1.29 is 14.3 Å². The molecule has 0 radical (unpaired) electrons. The third-order valence-electron chi connectivity index (χ3n) is 3.69. The number of benzene rings is 1. The molecule has 3 rings (SSSR count). The molecule has 6 heteroatoms. The number of carboxylic acids is 1. The molecule has 1 atom stereocenters. The van der Waals surface area contributed by atoms with Crippen LogP contribution in [0.4, 0.5) is 0 Å². The van der Waals surface area contributed by atoms with Crippen molar-refractivity contribution in [1.82, 2.24) is 10.3 Å². The zero-order chi connectivity index (χ0) is 17.1. The van der Waals surface area contributed by atoms with Crippen LogP contribution in [0.2, 0.25) is 0 Å². The summed E-state index contributed by atoms with van der Waals surface area (Å²) in [5, 5.41) is 13.1. The van der Waals surface area contributed by atoms with Crippen molar-refractivity contribution in [2.24, 2.45) is 5.92 Å². The highest BCUT2D eigenvalue weighted by Gasteiger charge is 2.19. The molecule has 2 N–H and O–H groups in total. The van der Waals surface area contributed by atoms with Crippen LogP contribution in [0, 0.1) is 5.92 Å². The lowest BCUT2D eigenvalue weighted by atomic mass is 10.0. The Kier molecular flexibility index (Phi) is 4.97. The molecule has 24 heavy (non-hydrogen) atoms. The summed E-state index contributed by atoms with van der Waals surface area (Å²) >= 11 is 1.58. The molecule has 0 fully saturated rings. The van der Waals surface area contributed by atoms with Crippen molar-refractivity contribution in [1.29, 1.82) is 0 Å². The van der Waals surface area contributed by atoms with Gasteiger partial charge < -0.3 is 9.52 Å². The SMILES string of the molecule is CC(C)C[C@H](NCc1ccc(-c2nc3ccccc3s2)o1)C(=O)O. The molecule has 5 nitrogen and oxygen atoms in total. The first kappa shape index (κ1) is 16.7. The molecule has 0 amide bonds. The molecular formula is C18H20N2O3S. The maximum atomic E-state index is 11.3. The average molecular weight is 344 g/mol. The number of carboxylic acid groups (broad SMARTS) is 1. The van der Waals surface area contributed by atoms with Gasteiger partial charge in [-0.2, -0.15) is 0 Å². The molecule has 2 heterocycles. The van der Waals surface area contributed by atoms with Crippen molar-refractivity contribution in [2.75, 3.05) is 0 Å². The lowest BCUT2D eigenvalue weighted by Crippen LogP contribution is -2.37. The maximum Gasteiger partial charge on any atom is 0.320 e. The van der Waals surface area contributed by atoms with Crippen LogP contribution in [-0.2, 0) is 11.3 Å². The number of fused-ring (bicyclic) bond motifs is 1. The van der Waals surface area contributed by atoms with Crippen LogP contribution in [0.25, 0.3) is 21.0 Å². The Bertz CT molecular complexity index is 805. The minimum Gasteiger partial charge on any atom is -0.480 e. The topological polar surface area (TPSA) is 75.4 Å². The largest absolute Gasteiger partial charge is 0.480 e. The van der Waals surface area contributed by atoms with Crippen LogP contribution in [0.3, 0.4) is 0 Å². The summed E-state index contributed by atoms with van der Waals surface area (Å²) in [7, 11) is 0. The summed E-state index contributed by atoms with van der Waals surface area (Å²) in [5.74, 6) is 0.901. The molecule has 0 saturated carbocycles. The number of aliphatic carboxylic acids is 1. The Morgan fingerprint density at radius 1 is 1.29 bits per heavy atom. The van der Waals surface area contributed by atoms with Gasteiger partial charge >= 0.3 is 5.97 Å². The van der Waals surface area contributed by atoms with E-state index >= 15 is 0 Å². The molecule has 0 aliphatic rings. The number of hydrogen-bond acceptors (Lipinski definition) is 5. The molecular weight excluding hydrogens is 324 g/mol. The Balaban J connectivity index is 1.70. The van der Waals surface area contributed by atoms with E-state index in [2.05, 4.69) is 10.3 Å². The Labute approximate surface area is 144 Å². The molecule has 0 aliphatic heterocycles. The van der Waals surface area contributed by atoms with Crippen molar-refractivity contribution in [3.05, 3.63) is 42.2 Å². The van der Waals surface area contributed by atoms with Gasteiger partial charge in [0.05, 0.1) is 16.8 Å². The third-order valence-corrected chi connectivity index (χ3v) is 4.75. The lowest BCUT2D eigenvalue weighted by Gasteiger charge is -2.15. The van der Waals surface area contributed by atoms with E-state index < -0.39 is 12.0 Å². The monoisotopic (exact) mass is 344 g/mol. The molecule has 0 spiro atoms. The Morgan fingerprint density at radius 2 is 2.08 bits per heavy atom. The molecule has 0 saturated heterocycles. The van der Waals surface area contributed by atoms with E-state index in [9.17, 15) is 9.90 Å². The fraction of sp³-hybridized carbons (Fsp3) is 0.333. The number of hydrogen-bond donors (Lipinski definition) is 2. The van der Waals surface area contributed by atoms with Gasteiger partial charge in [-0.1, -0.05) is 26.0 Å². The fourth-order valence-electron chi connectivity index (χ4n) is 2.53. The average Bonchev–Trinajstić information content (AvgIpc) is 3.17. The number of nitrogens with one attached hydrogen (secondary N) is 1. The van der Waals surface area contributed by atoms with Crippen LogP contribution in [0.15, 0.2) is 40.8 Å². The van der Waals surface area contributed by atoms with Gasteiger partial charge in [-0.15, -0.1) is 11.3 Å². The second kappa shape index (κ2) is 7.15. The summed E-state index contributed by atoms with van der Waals surface area (Å²) in [6, 6.07) is 11.1. The van der Waals surface area contributed by atoms with Crippen LogP contribution in [0.5, 0.6) is 0 Å². The van der Waals surface area contributed by atoms with E-state index in [1.807, 2.05) is 50.2 Å². The molecule has 1 aromatic carbocycles. The molecule has 0 aliphatic carbocycles. The van der Waals surface area contributed by atoms with Gasteiger partial charge in [0.1, 0.15) is 11.8 Å². The van der Waals surface area contributed by atoms with E-state index in [-0.39, 0.29) is 0 Å². The zero-order valence-corrected chi connectivity index (χ0v) is 14.5. The Hall–Kier alpha value is -2.18. The zero-order valence-electron chi connectivity index (χ0n) is 13.7. The summed E-state index contributed by atoms with van der Waals surface area (Å²) < 4.78 is 6.94. The standard InChI is InChI=1S/C18H20N2O3S/c1-11(2)9-14(18(21)22)19-10-12-7-8-15(23-12)17-20-13-5-3-4-6-16(13)24-17/h3-8,11,14,19H,9-10H2,1-2H3,(H,21,22)/t14-/m0/s1. The van der Waals surface area contributed by atoms with E-state index in [0.29, 0.717) is 30.4 Å². The highest BCUT2D eigenvalue weighted by Crippen LogP contribution is 2.31.